The molecule has 3 heterocycles. The summed E-state index contributed by atoms with van der Waals surface area (Å²) >= 11 is 1.58. The Morgan fingerprint density at radius 2 is 1.89 bits per heavy atom. The molecule has 0 atom stereocenters. The number of thiophene rings is 1. The van der Waals surface area contributed by atoms with Crippen LogP contribution in [-0.4, -0.2) is 10.8 Å². The number of halogens is 1. The second kappa shape index (κ2) is 7.63. The number of furan rings is 2. The van der Waals surface area contributed by atoms with Gasteiger partial charge < -0.3 is 13.7 Å². The second-order valence-corrected chi connectivity index (χ2v) is 7.00. The van der Waals surface area contributed by atoms with Crippen molar-refractivity contribution in [1.82, 2.24) is 4.90 Å². The minimum Gasteiger partial charge on any atom is -0.467 e. The standard InChI is InChI=1S/C21H16FNO3S/c22-18-8-2-1-7-17(18)19-9-10-20(26-19)21(24)23(13-15-5-3-11-25-15)14-16-6-4-12-27-16/h1-12H,13-14H2. The maximum absolute atomic E-state index is 14.0. The number of benzene rings is 1. The highest BCUT2D eigenvalue weighted by molar-refractivity contribution is 7.09. The lowest BCUT2D eigenvalue weighted by Gasteiger charge is -2.19. The van der Waals surface area contributed by atoms with E-state index in [2.05, 4.69) is 0 Å². The molecular formula is C21H16FNO3S. The van der Waals surface area contributed by atoms with Crippen LogP contribution in [0.3, 0.4) is 0 Å². The Labute approximate surface area is 159 Å². The van der Waals surface area contributed by atoms with E-state index in [0.717, 1.165) is 4.88 Å². The number of carbonyl (C=O) groups excluding carboxylic acids is 1. The summed E-state index contributed by atoms with van der Waals surface area (Å²) in [6.07, 6.45) is 1.58. The Morgan fingerprint density at radius 3 is 2.63 bits per heavy atom. The average Bonchev–Trinajstić information content (AvgIpc) is 3.44. The summed E-state index contributed by atoms with van der Waals surface area (Å²) in [6.45, 7) is 0.756. The predicted octanol–water partition coefficient (Wildman–Crippen LogP) is 5.58. The summed E-state index contributed by atoms with van der Waals surface area (Å²) in [5.41, 5.74) is 0.326. The zero-order chi connectivity index (χ0) is 18.6. The van der Waals surface area contributed by atoms with Gasteiger partial charge in [-0.2, -0.15) is 0 Å². The van der Waals surface area contributed by atoms with Crippen molar-refractivity contribution in [1.29, 1.82) is 0 Å². The zero-order valence-corrected chi connectivity index (χ0v) is 15.1. The van der Waals surface area contributed by atoms with Gasteiger partial charge in [0, 0.05) is 4.88 Å². The van der Waals surface area contributed by atoms with Crippen LogP contribution in [0.2, 0.25) is 0 Å². The molecule has 0 radical (unpaired) electrons. The first kappa shape index (κ1) is 17.3. The largest absolute Gasteiger partial charge is 0.467 e. The van der Waals surface area contributed by atoms with Crippen LogP contribution in [0.1, 0.15) is 21.2 Å². The molecule has 136 valence electrons. The molecule has 6 heteroatoms. The third kappa shape index (κ3) is 3.85. The lowest BCUT2D eigenvalue weighted by Crippen LogP contribution is -2.29. The van der Waals surface area contributed by atoms with Crippen LogP contribution in [0.25, 0.3) is 11.3 Å². The van der Waals surface area contributed by atoms with Gasteiger partial charge in [-0.25, -0.2) is 4.39 Å². The Bertz CT molecular complexity index is 985. The van der Waals surface area contributed by atoms with E-state index in [1.54, 1.807) is 58.9 Å². The Kier molecular flexibility index (Phi) is 4.89. The smallest absolute Gasteiger partial charge is 0.290 e. The Balaban J connectivity index is 1.60. The molecule has 0 aliphatic rings. The van der Waals surface area contributed by atoms with E-state index in [9.17, 15) is 9.18 Å². The van der Waals surface area contributed by atoms with Crippen LogP contribution in [0.15, 0.2) is 81.1 Å². The van der Waals surface area contributed by atoms with Gasteiger partial charge in [-0.3, -0.25) is 4.79 Å². The molecule has 0 bridgehead atoms. The fourth-order valence-corrected chi connectivity index (χ4v) is 3.51. The van der Waals surface area contributed by atoms with E-state index in [1.165, 1.54) is 6.07 Å². The molecule has 4 rings (SSSR count). The molecule has 0 N–H and O–H groups in total. The third-order valence-corrected chi connectivity index (χ3v) is 4.96. The monoisotopic (exact) mass is 381 g/mol. The van der Waals surface area contributed by atoms with Gasteiger partial charge in [0.1, 0.15) is 17.3 Å². The fraction of sp³-hybridized carbons (Fsp3) is 0.0952. The quantitative estimate of drug-likeness (QED) is 0.438. The van der Waals surface area contributed by atoms with E-state index >= 15 is 0 Å². The first-order valence-corrected chi connectivity index (χ1v) is 9.27. The molecule has 0 aliphatic heterocycles. The summed E-state index contributed by atoms with van der Waals surface area (Å²) < 4.78 is 25.0. The average molecular weight is 381 g/mol. The van der Waals surface area contributed by atoms with Crippen LogP contribution in [0.5, 0.6) is 0 Å². The van der Waals surface area contributed by atoms with Gasteiger partial charge in [0.2, 0.25) is 0 Å². The van der Waals surface area contributed by atoms with Gasteiger partial charge in [0.25, 0.3) is 5.91 Å². The summed E-state index contributed by atoms with van der Waals surface area (Å²) in [7, 11) is 0. The molecule has 4 nitrogen and oxygen atoms in total. The van der Waals surface area contributed by atoms with Crippen molar-refractivity contribution in [3.63, 3.8) is 0 Å². The lowest BCUT2D eigenvalue weighted by molar-refractivity contribution is 0.0688. The lowest BCUT2D eigenvalue weighted by atomic mass is 10.1. The maximum Gasteiger partial charge on any atom is 0.290 e. The van der Waals surface area contributed by atoms with Crippen LogP contribution >= 0.6 is 11.3 Å². The van der Waals surface area contributed by atoms with Gasteiger partial charge in [0.05, 0.1) is 24.9 Å². The van der Waals surface area contributed by atoms with Crippen molar-refractivity contribution in [3.05, 3.63) is 94.5 Å². The van der Waals surface area contributed by atoms with Crippen LogP contribution < -0.4 is 0 Å². The minimum atomic E-state index is -0.392. The Hall–Kier alpha value is -3.12. The molecule has 27 heavy (non-hydrogen) atoms. The molecule has 1 aromatic carbocycles. The van der Waals surface area contributed by atoms with Crippen molar-refractivity contribution in [2.45, 2.75) is 13.1 Å². The van der Waals surface area contributed by atoms with Crippen molar-refractivity contribution in [3.8, 4) is 11.3 Å². The van der Waals surface area contributed by atoms with Crippen molar-refractivity contribution >= 4 is 17.2 Å². The van der Waals surface area contributed by atoms with Crippen molar-refractivity contribution < 1.29 is 18.0 Å². The maximum atomic E-state index is 14.0. The number of nitrogens with zero attached hydrogens (tertiary/aromatic N) is 1. The first-order valence-electron chi connectivity index (χ1n) is 8.39. The van der Waals surface area contributed by atoms with E-state index in [0.29, 0.717) is 30.2 Å². The molecule has 0 spiro atoms. The summed E-state index contributed by atoms with van der Waals surface area (Å²) in [5.74, 6) is 0.502. The second-order valence-electron chi connectivity index (χ2n) is 5.96. The number of amides is 1. The summed E-state index contributed by atoms with van der Waals surface area (Å²) in [5, 5.41) is 1.97. The van der Waals surface area contributed by atoms with Crippen LogP contribution in [0, 0.1) is 5.82 Å². The highest BCUT2D eigenvalue weighted by Gasteiger charge is 2.22. The van der Waals surface area contributed by atoms with Crippen LogP contribution in [-0.2, 0) is 13.1 Å². The summed E-state index contributed by atoms with van der Waals surface area (Å²) in [4.78, 5) is 15.7. The molecule has 0 unspecified atom stereocenters. The van der Waals surface area contributed by atoms with Gasteiger partial charge >= 0.3 is 0 Å². The van der Waals surface area contributed by atoms with Gasteiger partial charge in [-0.05, 0) is 47.8 Å². The molecule has 0 saturated carbocycles. The zero-order valence-electron chi connectivity index (χ0n) is 14.3. The normalized spacial score (nSPS) is 10.9. The molecular weight excluding hydrogens is 365 g/mol. The molecule has 4 aromatic rings. The van der Waals surface area contributed by atoms with E-state index < -0.39 is 5.82 Å². The van der Waals surface area contributed by atoms with Gasteiger partial charge in [0.15, 0.2) is 5.76 Å². The van der Waals surface area contributed by atoms with Gasteiger partial charge in [-0.15, -0.1) is 11.3 Å². The SMILES string of the molecule is O=C(c1ccc(-c2ccccc2F)o1)N(Cc1ccco1)Cc1cccs1. The topological polar surface area (TPSA) is 46.6 Å². The van der Waals surface area contributed by atoms with E-state index in [4.69, 9.17) is 8.83 Å². The Morgan fingerprint density at radius 1 is 1.00 bits per heavy atom. The minimum absolute atomic E-state index is 0.163. The first-order chi connectivity index (χ1) is 13.2. The fourth-order valence-electron chi connectivity index (χ4n) is 2.80. The number of rotatable bonds is 6. The highest BCUT2D eigenvalue weighted by Crippen LogP contribution is 2.26. The summed E-state index contributed by atoms with van der Waals surface area (Å²) in [6, 6.07) is 17.0. The number of hydrogen-bond donors (Lipinski definition) is 0. The highest BCUT2D eigenvalue weighted by atomic mass is 32.1. The van der Waals surface area contributed by atoms with E-state index in [1.807, 2.05) is 23.6 Å². The predicted molar refractivity (Wildman–Crippen MR) is 101 cm³/mol. The number of hydrogen-bond acceptors (Lipinski definition) is 4. The van der Waals surface area contributed by atoms with Gasteiger partial charge in [-0.1, -0.05) is 18.2 Å². The van der Waals surface area contributed by atoms with Crippen LogP contribution in [0.4, 0.5) is 4.39 Å². The molecule has 0 saturated heterocycles. The molecule has 3 aromatic heterocycles. The number of carbonyl (C=O) groups is 1. The molecule has 1 amide bonds. The van der Waals surface area contributed by atoms with Crippen molar-refractivity contribution in [2.24, 2.45) is 0 Å². The molecule has 0 aliphatic carbocycles. The molecule has 0 fully saturated rings. The van der Waals surface area contributed by atoms with E-state index in [-0.39, 0.29) is 11.7 Å². The van der Waals surface area contributed by atoms with Crippen molar-refractivity contribution in [2.75, 3.05) is 0 Å². The third-order valence-electron chi connectivity index (χ3n) is 4.10.